The Balaban J connectivity index is 2.41. The fraction of sp³-hybridized carbons (Fsp3) is 0.700. The van der Waals surface area contributed by atoms with Gasteiger partial charge in [-0.1, -0.05) is 0 Å². The molecule has 0 unspecified atom stereocenters. The zero-order valence-corrected chi connectivity index (χ0v) is 9.32. The Labute approximate surface area is 86.1 Å². The van der Waals surface area contributed by atoms with Crippen LogP contribution in [0.15, 0.2) is 16.9 Å². The van der Waals surface area contributed by atoms with Crippen LogP contribution in [0.3, 0.4) is 0 Å². The summed E-state index contributed by atoms with van der Waals surface area (Å²) in [6, 6.07) is 0. The van der Waals surface area contributed by atoms with Crippen molar-refractivity contribution in [1.29, 1.82) is 0 Å². The van der Waals surface area contributed by atoms with Crippen LogP contribution in [0.25, 0.3) is 0 Å². The van der Waals surface area contributed by atoms with Crippen molar-refractivity contribution in [2.75, 3.05) is 34.2 Å². The van der Waals surface area contributed by atoms with E-state index in [1.54, 1.807) is 6.20 Å². The lowest BCUT2D eigenvalue weighted by atomic mass is 10.2. The van der Waals surface area contributed by atoms with Crippen molar-refractivity contribution in [3.63, 3.8) is 0 Å². The maximum Gasteiger partial charge on any atom is 0.104 e. The number of hydrogen-bond acceptors (Lipinski definition) is 4. The van der Waals surface area contributed by atoms with Crippen LogP contribution in [0.2, 0.25) is 0 Å². The molecule has 0 spiro atoms. The molecule has 4 nitrogen and oxygen atoms in total. The largest absolute Gasteiger partial charge is 0.401 e. The molecule has 1 heterocycles. The van der Waals surface area contributed by atoms with Crippen molar-refractivity contribution in [3.8, 4) is 0 Å². The molecule has 0 aliphatic carbocycles. The van der Waals surface area contributed by atoms with Gasteiger partial charge in [0.05, 0.1) is 0 Å². The number of allylic oxidation sites excluding steroid dienone is 1. The van der Waals surface area contributed by atoms with Crippen LogP contribution in [0.4, 0.5) is 0 Å². The van der Waals surface area contributed by atoms with Gasteiger partial charge < -0.3 is 15.5 Å². The van der Waals surface area contributed by atoms with Crippen LogP contribution < -0.4 is 5.73 Å². The molecule has 1 aliphatic rings. The summed E-state index contributed by atoms with van der Waals surface area (Å²) in [5.74, 6) is 1.14. The number of aliphatic imine (C=N–C) groups is 1. The maximum atomic E-state index is 5.65. The molecule has 80 valence electrons. The Morgan fingerprint density at radius 3 is 2.50 bits per heavy atom. The molecule has 0 aromatic rings. The molecule has 0 fully saturated rings. The van der Waals surface area contributed by atoms with E-state index in [9.17, 15) is 0 Å². The summed E-state index contributed by atoms with van der Waals surface area (Å²) >= 11 is 0. The number of likely N-dealkylation sites (N-methyl/N-ethyl adjacent to an activating group) is 2. The standard InChI is InChI=1S/C10H20N4/c1-13(2)6-7-14(3)10-5-4-9(11)8-12-10/h8H,4-7,11H2,1-3H3. The van der Waals surface area contributed by atoms with Gasteiger partial charge in [-0.05, 0) is 20.5 Å². The molecule has 0 saturated heterocycles. The second-order valence-corrected chi connectivity index (χ2v) is 3.97. The van der Waals surface area contributed by atoms with E-state index in [0.717, 1.165) is 37.5 Å². The minimum Gasteiger partial charge on any atom is -0.401 e. The summed E-state index contributed by atoms with van der Waals surface area (Å²) in [4.78, 5) is 8.69. The Morgan fingerprint density at radius 2 is 2.00 bits per heavy atom. The molecule has 2 N–H and O–H groups in total. The average molecular weight is 196 g/mol. The summed E-state index contributed by atoms with van der Waals surface area (Å²) in [6.45, 7) is 2.06. The second-order valence-electron chi connectivity index (χ2n) is 3.97. The Morgan fingerprint density at radius 1 is 1.29 bits per heavy atom. The summed E-state index contributed by atoms with van der Waals surface area (Å²) in [7, 11) is 6.24. The summed E-state index contributed by atoms with van der Waals surface area (Å²) < 4.78 is 0. The van der Waals surface area contributed by atoms with Gasteiger partial charge in [0, 0.05) is 38.5 Å². The predicted molar refractivity (Wildman–Crippen MR) is 60.1 cm³/mol. The molecular formula is C10H20N4. The molecule has 0 radical (unpaired) electrons. The molecule has 1 rings (SSSR count). The maximum absolute atomic E-state index is 5.65. The van der Waals surface area contributed by atoms with Crippen molar-refractivity contribution in [1.82, 2.24) is 9.80 Å². The third-order valence-corrected chi connectivity index (χ3v) is 2.34. The number of rotatable bonds is 3. The van der Waals surface area contributed by atoms with Crippen LogP contribution in [-0.4, -0.2) is 49.9 Å². The van der Waals surface area contributed by atoms with E-state index in [1.165, 1.54) is 0 Å². The summed E-state index contributed by atoms with van der Waals surface area (Å²) in [5, 5.41) is 0. The fourth-order valence-electron chi connectivity index (χ4n) is 1.31. The van der Waals surface area contributed by atoms with Gasteiger partial charge in [0.15, 0.2) is 0 Å². The number of nitrogens with zero attached hydrogens (tertiary/aromatic N) is 3. The van der Waals surface area contributed by atoms with Crippen molar-refractivity contribution < 1.29 is 0 Å². The lowest BCUT2D eigenvalue weighted by Crippen LogP contribution is -2.34. The first-order valence-corrected chi connectivity index (χ1v) is 4.96. The highest BCUT2D eigenvalue weighted by Gasteiger charge is 2.09. The Kier molecular flexibility index (Phi) is 3.95. The van der Waals surface area contributed by atoms with Gasteiger partial charge in [0.25, 0.3) is 0 Å². The van der Waals surface area contributed by atoms with E-state index in [-0.39, 0.29) is 0 Å². The quantitative estimate of drug-likeness (QED) is 0.714. The zero-order valence-electron chi connectivity index (χ0n) is 9.32. The highest BCUT2D eigenvalue weighted by molar-refractivity contribution is 5.83. The van der Waals surface area contributed by atoms with Crippen molar-refractivity contribution in [2.24, 2.45) is 10.7 Å². The molecule has 0 bridgehead atoms. The highest BCUT2D eigenvalue weighted by atomic mass is 15.2. The molecule has 1 aliphatic heterocycles. The first kappa shape index (κ1) is 11.0. The van der Waals surface area contributed by atoms with Gasteiger partial charge >= 0.3 is 0 Å². The topological polar surface area (TPSA) is 44.9 Å². The average Bonchev–Trinajstić information content (AvgIpc) is 2.15. The minimum atomic E-state index is 0.884. The molecule has 0 aromatic carbocycles. The van der Waals surface area contributed by atoms with E-state index >= 15 is 0 Å². The number of amidine groups is 1. The summed E-state index contributed by atoms with van der Waals surface area (Å²) in [5.41, 5.74) is 6.53. The molecule has 0 atom stereocenters. The van der Waals surface area contributed by atoms with E-state index in [2.05, 4.69) is 35.9 Å². The minimum absolute atomic E-state index is 0.884. The Hall–Kier alpha value is -1.03. The van der Waals surface area contributed by atoms with Crippen molar-refractivity contribution >= 4 is 5.84 Å². The smallest absolute Gasteiger partial charge is 0.104 e. The molecular weight excluding hydrogens is 176 g/mol. The van der Waals surface area contributed by atoms with Crippen LogP contribution in [-0.2, 0) is 0 Å². The number of nitrogens with two attached hydrogens (primary N) is 1. The summed E-state index contributed by atoms with van der Waals surface area (Å²) in [6.07, 6.45) is 3.67. The zero-order chi connectivity index (χ0) is 10.6. The number of hydrogen-bond donors (Lipinski definition) is 1. The second kappa shape index (κ2) is 5.00. The van der Waals surface area contributed by atoms with Crippen LogP contribution >= 0.6 is 0 Å². The molecule has 0 saturated carbocycles. The third-order valence-electron chi connectivity index (χ3n) is 2.34. The van der Waals surface area contributed by atoms with E-state index < -0.39 is 0 Å². The molecule has 4 heteroatoms. The van der Waals surface area contributed by atoms with Gasteiger partial charge in [-0.15, -0.1) is 0 Å². The van der Waals surface area contributed by atoms with Gasteiger partial charge in [-0.3, -0.25) is 0 Å². The van der Waals surface area contributed by atoms with Gasteiger partial charge in [-0.25, -0.2) is 4.99 Å². The van der Waals surface area contributed by atoms with Gasteiger partial charge in [-0.2, -0.15) is 0 Å². The van der Waals surface area contributed by atoms with Gasteiger partial charge in [0.1, 0.15) is 5.84 Å². The van der Waals surface area contributed by atoms with Crippen molar-refractivity contribution in [3.05, 3.63) is 11.9 Å². The van der Waals surface area contributed by atoms with E-state index in [4.69, 9.17) is 5.73 Å². The predicted octanol–water partition coefficient (Wildman–Crippen LogP) is 0.472. The third kappa shape index (κ3) is 3.38. The van der Waals surface area contributed by atoms with Gasteiger partial charge in [0.2, 0.25) is 0 Å². The molecule has 14 heavy (non-hydrogen) atoms. The van der Waals surface area contributed by atoms with Crippen molar-refractivity contribution in [2.45, 2.75) is 12.8 Å². The lowest BCUT2D eigenvalue weighted by molar-refractivity contribution is 0.354. The first-order chi connectivity index (χ1) is 6.59. The van der Waals surface area contributed by atoms with E-state index in [1.807, 2.05) is 0 Å². The van der Waals surface area contributed by atoms with Crippen LogP contribution in [0, 0.1) is 0 Å². The normalized spacial score (nSPS) is 16.6. The fourth-order valence-corrected chi connectivity index (χ4v) is 1.31. The van der Waals surface area contributed by atoms with E-state index in [0.29, 0.717) is 0 Å². The van der Waals surface area contributed by atoms with Crippen LogP contribution in [0.5, 0.6) is 0 Å². The molecule has 0 amide bonds. The first-order valence-electron chi connectivity index (χ1n) is 4.96. The Bertz CT molecular complexity index is 243. The lowest BCUT2D eigenvalue weighted by Gasteiger charge is -2.24. The highest BCUT2D eigenvalue weighted by Crippen LogP contribution is 2.09. The monoisotopic (exact) mass is 196 g/mol. The molecule has 0 aromatic heterocycles. The SMILES string of the molecule is CN(C)CCN(C)C1=NC=C(N)CC1. The van der Waals surface area contributed by atoms with Crippen LogP contribution in [0.1, 0.15) is 12.8 Å².